The van der Waals surface area contributed by atoms with Crippen LogP contribution in [-0.4, -0.2) is 36.6 Å². The Balaban J connectivity index is 2.25. The Kier molecular flexibility index (Phi) is 4.86. The van der Waals surface area contributed by atoms with E-state index in [-0.39, 0.29) is 13.2 Å². The number of benzene rings is 1. The van der Waals surface area contributed by atoms with Gasteiger partial charge in [0.1, 0.15) is 6.61 Å². The van der Waals surface area contributed by atoms with Crippen molar-refractivity contribution in [3.63, 3.8) is 0 Å². The van der Waals surface area contributed by atoms with Crippen molar-refractivity contribution in [1.29, 1.82) is 0 Å². The van der Waals surface area contributed by atoms with Crippen molar-refractivity contribution < 1.29 is 19.1 Å². The molecule has 1 unspecified atom stereocenters. The summed E-state index contributed by atoms with van der Waals surface area (Å²) in [6.07, 6.45) is 0. The molecule has 25 heavy (non-hydrogen) atoms. The minimum absolute atomic E-state index is 0.205. The van der Waals surface area contributed by atoms with E-state index in [0.29, 0.717) is 28.3 Å². The molecule has 3 rings (SSSR count). The monoisotopic (exact) mass is 361 g/mol. The van der Waals surface area contributed by atoms with E-state index in [1.807, 2.05) is 36.9 Å². The lowest BCUT2D eigenvalue weighted by atomic mass is 9.80. The molecule has 0 bridgehead atoms. The first-order chi connectivity index (χ1) is 12.0. The van der Waals surface area contributed by atoms with Crippen LogP contribution >= 0.6 is 11.6 Å². The minimum atomic E-state index is -0.583. The SMILES string of the molecule is CCOC(=O)C1=C(C)N(CC)C2=C(C(=O)OC2)C1c1ccccc1Cl. The Hall–Kier alpha value is -2.27. The summed E-state index contributed by atoms with van der Waals surface area (Å²) < 4.78 is 10.6. The van der Waals surface area contributed by atoms with Gasteiger partial charge in [-0.3, -0.25) is 0 Å². The van der Waals surface area contributed by atoms with Gasteiger partial charge in [-0.15, -0.1) is 0 Å². The number of cyclic esters (lactones) is 1. The van der Waals surface area contributed by atoms with Gasteiger partial charge in [0.2, 0.25) is 0 Å². The Bertz CT molecular complexity index is 796. The normalized spacial score (nSPS) is 19.9. The second-order valence-corrected chi connectivity index (χ2v) is 6.26. The van der Waals surface area contributed by atoms with Gasteiger partial charge in [0, 0.05) is 17.3 Å². The molecule has 2 aliphatic rings. The number of hydrogen-bond acceptors (Lipinski definition) is 5. The Morgan fingerprint density at radius 3 is 2.72 bits per heavy atom. The summed E-state index contributed by atoms with van der Waals surface area (Å²) in [4.78, 5) is 27.2. The number of carbonyl (C=O) groups excluding carboxylic acids is 2. The van der Waals surface area contributed by atoms with Crippen LogP contribution in [0.2, 0.25) is 5.02 Å². The number of nitrogens with zero attached hydrogens (tertiary/aromatic N) is 1. The highest BCUT2D eigenvalue weighted by Gasteiger charge is 2.44. The number of carbonyl (C=O) groups is 2. The van der Waals surface area contributed by atoms with Crippen LogP contribution in [0.15, 0.2) is 46.8 Å². The van der Waals surface area contributed by atoms with Crippen molar-refractivity contribution in [2.24, 2.45) is 0 Å². The predicted octanol–water partition coefficient (Wildman–Crippen LogP) is 3.41. The molecule has 0 N–H and O–H groups in total. The van der Waals surface area contributed by atoms with E-state index in [0.717, 1.165) is 11.4 Å². The van der Waals surface area contributed by atoms with Crippen LogP contribution < -0.4 is 0 Å². The van der Waals surface area contributed by atoms with E-state index in [1.165, 1.54) is 0 Å². The molecule has 0 aliphatic carbocycles. The summed E-state index contributed by atoms with van der Waals surface area (Å²) in [6, 6.07) is 7.24. The maximum atomic E-state index is 12.7. The Morgan fingerprint density at radius 1 is 1.36 bits per heavy atom. The number of esters is 2. The van der Waals surface area contributed by atoms with Crippen LogP contribution in [0.4, 0.5) is 0 Å². The number of allylic oxidation sites excluding steroid dienone is 1. The van der Waals surface area contributed by atoms with E-state index in [4.69, 9.17) is 21.1 Å². The highest BCUT2D eigenvalue weighted by Crippen LogP contribution is 2.46. The molecule has 1 atom stereocenters. The molecule has 132 valence electrons. The highest BCUT2D eigenvalue weighted by atomic mass is 35.5. The molecule has 2 aliphatic heterocycles. The zero-order valence-corrected chi connectivity index (χ0v) is 15.2. The van der Waals surface area contributed by atoms with Gasteiger partial charge in [0.05, 0.1) is 29.4 Å². The minimum Gasteiger partial charge on any atom is -0.463 e. The summed E-state index contributed by atoms with van der Waals surface area (Å²) in [5.74, 6) is -1.43. The molecule has 0 radical (unpaired) electrons. The number of ether oxygens (including phenoxy) is 2. The molecule has 0 aromatic heterocycles. The van der Waals surface area contributed by atoms with Crippen LogP contribution in [0.25, 0.3) is 0 Å². The maximum absolute atomic E-state index is 12.7. The van der Waals surface area contributed by atoms with Gasteiger partial charge in [0.15, 0.2) is 0 Å². The molecule has 0 saturated carbocycles. The lowest BCUT2D eigenvalue weighted by Gasteiger charge is -2.35. The molecule has 2 heterocycles. The van der Waals surface area contributed by atoms with Crippen LogP contribution in [0, 0.1) is 0 Å². The van der Waals surface area contributed by atoms with E-state index in [9.17, 15) is 9.59 Å². The first-order valence-electron chi connectivity index (χ1n) is 8.31. The quantitative estimate of drug-likeness (QED) is 0.769. The summed E-state index contributed by atoms with van der Waals surface area (Å²) in [6.45, 7) is 6.68. The van der Waals surface area contributed by atoms with Gasteiger partial charge in [0.25, 0.3) is 0 Å². The fourth-order valence-electron chi connectivity index (χ4n) is 3.54. The van der Waals surface area contributed by atoms with Crippen molar-refractivity contribution in [3.8, 4) is 0 Å². The molecule has 1 aromatic carbocycles. The van der Waals surface area contributed by atoms with Gasteiger partial charge in [-0.1, -0.05) is 29.8 Å². The molecule has 0 saturated heterocycles. The van der Waals surface area contributed by atoms with E-state index < -0.39 is 17.9 Å². The van der Waals surface area contributed by atoms with Crippen molar-refractivity contribution in [2.75, 3.05) is 19.8 Å². The summed E-state index contributed by atoms with van der Waals surface area (Å²) in [5, 5.41) is 0.499. The molecule has 5 nitrogen and oxygen atoms in total. The predicted molar refractivity (Wildman–Crippen MR) is 93.9 cm³/mol. The largest absolute Gasteiger partial charge is 0.463 e. The first kappa shape index (κ1) is 17.5. The van der Waals surface area contributed by atoms with E-state index >= 15 is 0 Å². The second kappa shape index (κ2) is 6.92. The van der Waals surface area contributed by atoms with Crippen LogP contribution in [0.5, 0.6) is 0 Å². The van der Waals surface area contributed by atoms with E-state index in [2.05, 4.69) is 0 Å². The van der Waals surface area contributed by atoms with Gasteiger partial charge >= 0.3 is 11.9 Å². The topological polar surface area (TPSA) is 55.8 Å². The third kappa shape index (κ3) is 2.82. The fourth-order valence-corrected chi connectivity index (χ4v) is 3.78. The molecular weight excluding hydrogens is 342 g/mol. The zero-order chi connectivity index (χ0) is 18.1. The molecule has 0 amide bonds. The third-order valence-corrected chi connectivity index (χ3v) is 4.94. The van der Waals surface area contributed by atoms with Gasteiger partial charge < -0.3 is 14.4 Å². The second-order valence-electron chi connectivity index (χ2n) is 5.85. The summed E-state index contributed by atoms with van der Waals surface area (Å²) in [5.41, 5.74) is 3.18. The fraction of sp³-hybridized carbons (Fsp3) is 0.368. The van der Waals surface area contributed by atoms with Crippen molar-refractivity contribution >= 4 is 23.5 Å². The lowest BCUT2D eigenvalue weighted by molar-refractivity contribution is -0.139. The molecule has 0 fully saturated rings. The summed E-state index contributed by atoms with van der Waals surface area (Å²) in [7, 11) is 0. The number of halogens is 1. The standard InChI is InChI=1S/C19H20ClNO4/c1-4-21-11(3)15(18(22)24-5-2)16(12-8-6-7-9-13(12)20)17-14(21)10-25-19(17)23/h6-9,16H,4-5,10H2,1-3H3. The number of rotatable bonds is 4. The molecule has 6 heteroatoms. The van der Waals surface area contributed by atoms with Crippen LogP contribution in [-0.2, 0) is 19.1 Å². The molecule has 1 aromatic rings. The van der Waals surface area contributed by atoms with E-state index in [1.54, 1.807) is 13.0 Å². The Labute approximate surface area is 151 Å². The average Bonchev–Trinajstić information content (AvgIpc) is 2.96. The van der Waals surface area contributed by atoms with Crippen molar-refractivity contribution in [3.05, 3.63) is 57.4 Å². The van der Waals surface area contributed by atoms with Gasteiger partial charge in [-0.2, -0.15) is 0 Å². The van der Waals surface area contributed by atoms with Crippen LogP contribution in [0.3, 0.4) is 0 Å². The number of hydrogen-bond donors (Lipinski definition) is 0. The number of likely N-dealkylation sites (N-methyl/N-ethyl adjacent to an activating group) is 1. The highest BCUT2D eigenvalue weighted by molar-refractivity contribution is 6.31. The molecule has 0 spiro atoms. The van der Waals surface area contributed by atoms with Crippen molar-refractivity contribution in [1.82, 2.24) is 4.90 Å². The maximum Gasteiger partial charge on any atom is 0.337 e. The molecular formula is C19H20ClNO4. The smallest absolute Gasteiger partial charge is 0.337 e. The zero-order valence-electron chi connectivity index (χ0n) is 14.5. The first-order valence-corrected chi connectivity index (χ1v) is 8.69. The average molecular weight is 362 g/mol. The lowest BCUT2D eigenvalue weighted by Crippen LogP contribution is -2.33. The van der Waals surface area contributed by atoms with Gasteiger partial charge in [-0.05, 0) is 32.4 Å². The van der Waals surface area contributed by atoms with Gasteiger partial charge in [-0.25, -0.2) is 9.59 Å². The summed E-state index contributed by atoms with van der Waals surface area (Å²) >= 11 is 6.40. The van der Waals surface area contributed by atoms with Crippen LogP contribution in [0.1, 0.15) is 32.3 Å². The van der Waals surface area contributed by atoms with Crippen molar-refractivity contribution in [2.45, 2.75) is 26.7 Å². The Morgan fingerprint density at radius 2 is 2.08 bits per heavy atom. The third-order valence-electron chi connectivity index (χ3n) is 4.60.